The van der Waals surface area contributed by atoms with Gasteiger partial charge in [-0.1, -0.05) is 12.1 Å². The Morgan fingerprint density at radius 3 is 2.21 bits per heavy atom. The molecule has 0 radical (unpaired) electrons. The van der Waals surface area contributed by atoms with Crippen molar-refractivity contribution in [3.05, 3.63) is 59.2 Å². The van der Waals surface area contributed by atoms with Crippen LogP contribution >= 0.6 is 0 Å². The monoisotopic (exact) mass is 349 g/mol. The molecule has 2 aromatic carbocycles. The quantitative estimate of drug-likeness (QED) is 0.620. The molecule has 7 nitrogen and oxygen atoms in total. The average Bonchev–Trinajstić information content (AvgIpc) is 2.60. The summed E-state index contributed by atoms with van der Waals surface area (Å²) in [5.74, 6) is -1.66. The molecule has 0 aromatic heterocycles. The summed E-state index contributed by atoms with van der Waals surface area (Å²) >= 11 is 0. The number of hydrogen-bond acceptors (Lipinski definition) is 6. The van der Waals surface area contributed by atoms with Crippen LogP contribution in [0.25, 0.3) is 0 Å². The van der Waals surface area contributed by atoms with Gasteiger partial charge in [0.05, 0.1) is 22.0 Å². The molecule has 0 aliphatic carbocycles. The highest BCUT2D eigenvalue weighted by atomic mass is 32.2. The molecular formula is C16H15NO6S. The molecule has 0 unspecified atom stereocenters. The molecule has 0 saturated heterocycles. The summed E-state index contributed by atoms with van der Waals surface area (Å²) in [6.45, 7) is 0.472. The largest absolute Gasteiger partial charge is 0.478 e. The lowest BCUT2D eigenvalue weighted by molar-refractivity contribution is 0.0696. The van der Waals surface area contributed by atoms with Gasteiger partial charge in [0.25, 0.3) is 0 Å². The summed E-state index contributed by atoms with van der Waals surface area (Å²) in [6, 6.07) is 9.40. The minimum absolute atomic E-state index is 0.00806. The molecule has 1 aliphatic heterocycles. The first-order valence-corrected chi connectivity index (χ1v) is 8.40. The Hall–Kier alpha value is -2.55. The van der Waals surface area contributed by atoms with E-state index in [1.807, 2.05) is 0 Å². The fourth-order valence-electron chi connectivity index (χ4n) is 2.22. The Balaban J connectivity index is 0.000000471. The van der Waals surface area contributed by atoms with Crippen LogP contribution in [0.15, 0.2) is 52.3 Å². The van der Waals surface area contributed by atoms with E-state index in [0.29, 0.717) is 6.54 Å². The number of nitrogens with two attached hydrogens (primary N) is 1. The molecule has 126 valence electrons. The molecule has 0 atom stereocenters. The third-order valence-corrected chi connectivity index (χ3v) is 5.16. The van der Waals surface area contributed by atoms with Gasteiger partial charge in [-0.15, -0.1) is 0 Å². The molecule has 8 heteroatoms. The second kappa shape index (κ2) is 6.91. The standard InChI is InChI=1S/C14H8O5S.C2H7NO/c15-13-9-3-1-2-4-11(9)20(18,19)12-7-8(14(16)17)5-6-10(12)13;3-1-2-4/h1-7H,(H,16,17);4H,1-3H2. The van der Waals surface area contributed by atoms with Gasteiger partial charge in [-0.25, -0.2) is 13.2 Å². The molecule has 24 heavy (non-hydrogen) atoms. The number of aromatic carboxylic acids is 1. The fourth-order valence-corrected chi connectivity index (χ4v) is 3.89. The van der Waals surface area contributed by atoms with Crippen LogP contribution in [0.1, 0.15) is 26.3 Å². The third kappa shape index (κ3) is 3.07. The van der Waals surface area contributed by atoms with Crippen molar-refractivity contribution in [2.24, 2.45) is 5.73 Å². The zero-order chi connectivity index (χ0) is 17.9. The van der Waals surface area contributed by atoms with E-state index in [4.69, 9.17) is 15.9 Å². The highest BCUT2D eigenvalue weighted by molar-refractivity contribution is 7.91. The van der Waals surface area contributed by atoms with Crippen LogP contribution in [0.4, 0.5) is 0 Å². The van der Waals surface area contributed by atoms with E-state index in [-0.39, 0.29) is 33.1 Å². The molecule has 0 bridgehead atoms. The number of carbonyl (C=O) groups is 2. The maximum atomic E-state index is 12.5. The molecule has 0 saturated carbocycles. The van der Waals surface area contributed by atoms with Gasteiger partial charge in [-0.05, 0) is 30.3 Å². The van der Waals surface area contributed by atoms with E-state index in [1.54, 1.807) is 6.07 Å². The minimum Gasteiger partial charge on any atom is -0.478 e. The summed E-state index contributed by atoms with van der Waals surface area (Å²) in [4.78, 5) is 22.9. The van der Waals surface area contributed by atoms with Gasteiger partial charge in [0, 0.05) is 17.7 Å². The predicted octanol–water partition coefficient (Wildman–Crippen LogP) is 0.699. The number of carboxylic acid groups (broad SMARTS) is 1. The lowest BCUT2D eigenvalue weighted by atomic mass is 10.0. The van der Waals surface area contributed by atoms with E-state index in [9.17, 15) is 18.0 Å². The molecule has 0 amide bonds. The number of carboxylic acids is 1. The van der Waals surface area contributed by atoms with Crippen LogP contribution in [-0.2, 0) is 9.84 Å². The number of carbonyl (C=O) groups excluding carboxylic acids is 1. The minimum atomic E-state index is -3.87. The first kappa shape index (κ1) is 17.8. The van der Waals surface area contributed by atoms with E-state index >= 15 is 0 Å². The molecule has 2 aromatic rings. The molecular weight excluding hydrogens is 334 g/mol. The van der Waals surface area contributed by atoms with Crippen molar-refractivity contribution in [2.45, 2.75) is 9.79 Å². The van der Waals surface area contributed by atoms with E-state index in [1.165, 1.54) is 30.3 Å². The maximum Gasteiger partial charge on any atom is 0.335 e. The zero-order valence-electron chi connectivity index (χ0n) is 12.5. The van der Waals surface area contributed by atoms with Crippen LogP contribution in [0, 0.1) is 0 Å². The second-order valence-electron chi connectivity index (χ2n) is 4.86. The van der Waals surface area contributed by atoms with E-state index < -0.39 is 21.6 Å². The third-order valence-electron chi connectivity index (χ3n) is 3.31. The number of fused-ring (bicyclic) bond motifs is 2. The van der Waals surface area contributed by atoms with Crippen LogP contribution in [0.5, 0.6) is 0 Å². The summed E-state index contributed by atoms with van der Waals surface area (Å²) in [6.07, 6.45) is 0. The molecule has 1 heterocycles. The van der Waals surface area contributed by atoms with E-state index in [2.05, 4.69) is 0 Å². The fraction of sp³-hybridized carbons (Fsp3) is 0.125. The Kier molecular flexibility index (Phi) is 5.13. The van der Waals surface area contributed by atoms with Crippen molar-refractivity contribution in [3.8, 4) is 0 Å². The number of hydrogen-bond donors (Lipinski definition) is 3. The van der Waals surface area contributed by atoms with Gasteiger partial charge >= 0.3 is 5.97 Å². The van der Waals surface area contributed by atoms with Gasteiger partial charge in [-0.3, -0.25) is 4.79 Å². The zero-order valence-corrected chi connectivity index (χ0v) is 13.3. The van der Waals surface area contributed by atoms with Crippen LogP contribution < -0.4 is 5.73 Å². The van der Waals surface area contributed by atoms with Gasteiger partial charge in [0.15, 0.2) is 5.78 Å². The Morgan fingerprint density at radius 2 is 1.62 bits per heavy atom. The topological polar surface area (TPSA) is 135 Å². The van der Waals surface area contributed by atoms with Crippen molar-refractivity contribution >= 4 is 21.6 Å². The SMILES string of the molecule is NCCO.O=C(O)c1ccc2c(c1)S(=O)(=O)c1ccccc1C2=O. The van der Waals surface area contributed by atoms with Crippen molar-refractivity contribution in [1.29, 1.82) is 0 Å². The Labute approximate surface area is 138 Å². The van der Waals surface area contributed by atoms with Gasteiger partial charge < -0.3 is 15.9 Å². The Morgan fingerprint density at radius 1 is 1.04 bits per heavy atom. The lowest BCUT2D eigenvalue weighted by Gasteiger charge is -2.18. The van der Waals surface area contributed by atoms with Gasteiger partial charge in [0.2, 0.25) is 9.84 Å². The Bertz CT molecular complexity index is 903. The van der Waals surface area contributed by atoms with Crippen LogP contribution in [0.2, 0.25) is 0 Å². The molecule has 4 N–H and O–H groups in total. The molecule has 0 fully saturated rings. The number of benzene rings is 2. The molecule has 0 spiro atoms. The number of aliphatic hydroxyl groups excluding tert-OH is 1. The van der Waals surface area contributed by atoms with Crippen LogP contribution in [0.3, 0.4) is 0 Å². The number of aliphatic hydroxyl groups is 1. The van der Waals surface area contributed by atoms with Crippen molar-refractivity contribution < 1.29 is 28.2 Å². The highest BCUT2D eigenvalue weighted by Crippen LogP contribution is 2.34. The van der Waals surface area contributed by atoms with Crippen molar-refractivity contribution in [2.75, 3.05) is 13.2 Å². The molecule has 1 aliphatic rings. The lowest BCUT2D eigenvalue weighted by Crippen LogP contribution is -2.20. The summed E-state index contributed by atoms with van der Waals surface area (Å²) in [5, 5.41) is 16.7. The summed E-state index contributed by atoms with van der Waals surface area (Å²) in [5.41, 5.74) is 4.73. The summed E-state index contributed by atoms with van der Waals surface area (Å²) in [7, 11) is -3.87. The van der Waals surface area contributed by atoms with Crippen molar-refractivity contribution in [3.63, 3.8) is 0 Å². The van der Waals surface area contributed by atoms with Gasteiger partial charge in [-0.2, -0.15) is 0 Å². The number of sulfone groups is 1. The second-order valence-corrected chi connectivity index (χ2v) is 6.74. The van der Waals surface area contributed by atoms with E-state index in [0.717, 1.165) is 6.07 Å². The predicted molar refractivity (Wildman–Crippen MR) is 84.9 cm³/mol. The van der Waals surface area contributed by atoms with Crippen LogP contribution in [-0.4, -0.2) is 43.5 Å². The summed E-state index contributed by atoms with van der Waals surface area (Å²) < 4.78 is 24.9. The smallest absolute Gasteiger partial charge is 0.335 e. The first-order valence-electron chi connectivity index (χ1n) is 6.91. The molecule has 3 rings (SSSR count). The van der Waals surface area contributed by atoms with Crippen molar-refractivity contribution in [1.82, 2.24) is 0 Å². The highest BCUT2D eigenvalue weighted by Gasteiger charge is 2.34. The number of ketones is 1. The first-order chi connectivity index (χ1) is 11.3. The average molecular weight is 349 g/mol. The normalized spacial score (nSPS) is 14.0. The maximum absolute atomic E-state index is 12.5. The number of rotatable bonds is 2. The van der Waals surface area contributed by atoms with Gasteiger partial charge in [0.1, 0.15) is 0 Å².